The van der Waals surface area contributed by atoms with Gasteiger partial charge < -0.3 is 20.1 Å². The van der Waals surface area contributed by atoms with Gasteiger partial charge in [-0.15, -0.1) is 0 Å². The molecule has 3 rings (SSSR count). The van der Waals surface area contributed by atoms with Crippen LogP contribution in [0.5, 0.6) is 0 Å². The molecule has 1 aromatic heterocycles. The lowest BCUT2D eigenvalue weighted by Gasteiger charge is -2.34. The number of piperidine rings is 1. The highest BCUT2D eigenvalue weighted by atomic mass is 16.5. The summed E-state index contributed by atoms with van der Waals surface area (Å²) in [6.45, 7) is 7.09. The lowest BCUT2D eigenvalue weighted by molar-refractivity contribution is -0.133. The van der Waals surface area contributed by atoms with Crippen LogP contribution in [0.2, 0.25) is 0 Å². The number of nitrogens with one attached hydrogen (secondary N) is 2. The van der Waals surface area contributed by atoms with Gasteiger partial charge in [-0.05, 0) is 45.2 Å². The summed E-state index contributed by atoms with van der Waals surface area (Å²) in [5.41, 5.74) is 0. The van der Waals surface area contributed by atoms with Crippen molar-refractivity contribution in [2.45, 2.75) is 32.6 Å². The van der Waals surface area contributed by atoms with Gasteiger partial charge in [-0.25, -0.2) is 0 Å². The number of carbonyl (C=O) groups is 2. The van der Waals surface area contributed by atoms with Crippen molar-refractivity contribution >= 4 is 17.6 Å². The van der Waals surface area contributed by atoms with Crippen LogP contribution in [0.1, 0.15) is 31.4 Å². The number of aromatic nitrogens is 1. The van der Waals surface area contributed by atoms with Crippen LogP contribution >= 0.6 is 0 Å². The van der Waals surface area contributed by atoms with E-state index in [9.17, 15) is 9.59 Å². The number of hydrogen-bond donors (Lipinski definition) is 2. The van der Waals surface area contributed by atoms with E-state index in [0.717, 1.165) is 32.6 Å². The molecule has 144 valence electrons. The van der Waals surface area contributed by atoms with E-state index in [-0.39, 0.29) is 11.8 Å². The molecule has 8 heteroatoms. The first-order valence-corrected chi connectivity index (χ1v) is 9.54. The first kappa shape index (κ1) is 18.8. The van der Waals surface area contributed by atoms with E-state index < -0.39 is 0 Å². The van der Waals surface area contributed by atoms with Gasteiger partial charge in [0.25, 0.3) is 0 Å². The fraction of sp³-hybridized carbons (Fsp3) is 0.722. The third-order valence-electron chi connectivity index (χ3n) is 5.21. The SMILES string of the molecule is Cc1cc(NC(=O)CN2CCN(C(=O)CCC3CCNCC3)CC2)no1. The topological polar surface area (TPSA) is 90.7 Å². The predicted molar refractivity (Wildman–Crippen MR) is 97.7 cm³/mol. The summed E-state index contributed by atoms with van der Waals surface area (Å²) in [6, 6.07) is 1.69. The molecule has 0 spiro atoms. The number of aryl methyl sites for hydroxylation is 1. The Hall–Kier alpha value is -1.93. The predicted octanol–water partition coefficient (Wildman–Crippen LogP) is 0.846. The van der Waals surface area contributed by atoms with E-state index in [1.807, 2.05) is 4.90 Å². The Bertz CT molecular complexity index is 604. The first-order chi connectivity index (χ1) is 12.6. The highest BCUT2D eigenvalue weighted by Gasteiger charge is 2.23. The number of rotatable bonds is 6. The highest BCUT2D eigenvalue weighted by Crippen LogP contribution is 2.18. The molecule has 3 heterocycles. The second-order valence-corrected chi connectivity index (χ2v) is 7.26. The van der Waals surface area contributed by atoms with Crippen LogP contribution < -0.4 is 10.6 Å². The molecule has 0 unspecified atom stereocenters. The number of amides is 2. The van der Waals surface area contributed by atoms with Crippen molar-refractivity contribution in [1.82, 2.24) is 20.3 Å². The summed E-state index contributed by atoms with van der Waals surface area (Å²) in [5, 5.41) is 9.85. The van der Waals surface area contributed by atoms with Gasteiger partial charge in [0.2, 0.25) is 11.8 Å². The summed E-state index contributed by atoms with van der Waals surface area (Å²) in [7, 11) is 0. The third kappa shape index (κ3) is 5.54. The van der Waals surface area contributed by atoms with Gasteiger partial charge in [0, 0.05) is 38.7 Å². The zero-order chi connectivity index (χ0) is 18.4. The fourth-order valence-electron chi connectivity index (χ4n) is 3.62. The lowest BCUT2D eigenvalue weighted by atomic mass is 9.93. The van der Waals surface area contributed by atoms with Crippen LogP contribution in [0.3, 0.4) is 0 Å². The normalized spacial score (nSPS) is 19.5. The molecule has 2 saturated heterocycles. The largest absolute Gasteiger partial charge is 0.360 e. The summed E-state index contributed by atoms with van der Waals surface area (Å²) in [5.74, 6) is 1.94. The van der Waals surface area contributed by atoms with Crippen molar-refractivity contribution in [3.05, 3.63) is 11.8 Å². The first-order valence-electron chi connectivity index (χ1n) is 9.54. The molecule has 0 saturated carbocycles. The number of nitrogens with zero attached hydrogens (tertiary/aromatic N) is 3. The molecule has 0 aromatic carbocycles. The Morgan fingerprint density at radius 3 is 2.65 bits per heavy atom. The molecule has 0 aliphatic carbocycles. The van der Waals surface area contributed by atoms with E-state index in [1.54, 1.807) is 13.0 Å². The van der Waals surface area contributed by atoms with Gasteiger partial charge in [-0.1, -0.05) is 5.16 Å². The summed E-state index contributed by atoms with van der Waals surface area (Å²) < 4.78 is 4.94. The average molecular weight is 363 g/mol. The van der Waals surface area contributed by atoms with Gasteiger partial charge in [-0.3, -0.25) is 14.5 Å². The second kappa shape index (κ2) is 9.14. The number of carbonyl (C=O) groups excluding carboxylic acids is 2. The maximum absolute atomic E-state index is 12.4. The molecule has 2 amide bonds. The molecule has 0 atom stereocenters. The van der Waals surface area contributed by atoms with Crippen LogP contribution in [-0.2, 0) is 9.59 Å². The molecule has 26 heavy (non-hydrogen) atoms. The molecule has 2 aliphatic rings. The van der Waals surface area contributed by atoms with E-state index in [2.05, 4.69) is 20.7 Å². The van der Waals surface area contributed by atoms with Crippen LogP contribution in [0.25, 0.3) is 0 Å². The summed E-state index contributed by atoms with van der Waals surface area (Å²) in [6.07, 6.45) is 4.01. The van der Waals surface area contributed by atoms with Crippen LogP contribution in [0.15, 0.2) is 10.6 Å². The molecular formula is C18H29N5O3. The van der Waals surface area contributed by atoms with Gasteiger partial charge in [0.15, 0.2) is 5.82 Å². The number of hydrogen-bond acceptors (Lipinski definition) is 6. The molecule has 2 N–H and O–H groups in total. The number of piperazine rings is 1. The van der Waals surface area contributed by atoms with Gasteiger partial charge >= 0.3 is 0 Å². The Labute approximate surface area is 154 Å². The van der Waals surface area contributed by atoms with Crippen LogP contribution in [-0.4, -0.2) is 72.6 Å². The van der Waals surface area contributed by atoms with Crippen molar-refractivity contribution in [1.29, 1.82) is 0 Å². The minimum atomic E-state index is -0.107. The Morgan fingerprint density at radius 2 is 2.00 bits per heavy atom. The van der Waals surface area contributed by atoms with E-state index in [4.69, 9.17) is 4.52 Å². The van der Waals surface area contributed by atoms with Crippen molar-refractivity contribution in [2.24, 2.45) is 5.92 Å². The molecule has 8 nitrogen and oxygen atoms in total. The summed E-state index contributed by atoms with van der Waals surface area (Å²) in [4.78, 5) is 28.5. The Kier molecular flexibility index (Phi) is 6.62. The minimum absolute atomic E-state index is 0.107. The molecular weight excluding hydrogens is 334 g/mol. The molecule has 0 radical (unpaired) electrons. The zero-order valence-electron chi connectivity index (χ0n) is 15.5. The second-order valence-electron chi connectivity index (χ2n) is 7.26. The zero-order valence-corrected chi connectivity index (χ0v) is 15.5. The van der Waals surface area contributed by atoms with Crippen LogP contribution in [0.4, 0.5) is 5.82 Å². The van der Waals surface area contributed by atoms with E-state index in [0.29, 0.717) is 43.6 Å². The minimum Gasteiger partial charge on any atom is -0.360 e. The number of anilines is 1. The highest BCUT2D eigenvalue weighted by molar-refractivity contribution is 5.91. The fourth-order valence-corrected chi connectivity index (χ4v) is 3.62. The Morgan fingerprint density at radius 1 is 1.27 bits per heavy atom. The molecule has 1 aromatic rings. The van der Waals surface area contributed by atoms with Gasteiger partial charge in [-0.2, -0.15) is 0 Å². The smallest absolute Gasteiger partial charge is 0.239 e. The standard InChI is InChI=1S/C18H29N5O3/c1-14-12-16(21-26-14)20-17(24)13-22-8-10-23(11-9-22)18(25)3-2-15-4-6-19-7-5-15/h12,15,19H,2-11,13H2,1H3,(H,20,21,24). The Balaban J connectivity index is 1.34. The third-order valence-corrected chi connectivity index (χ3v) is 5.21. The monoisotopic (exact) mass is 363 g/mol. The maximum atomic E-state index is 12.4. The van der Waals surface area contributed by atoms with Gasteiger partial charge in [0.05, 0.1) is 6.54 Å². The van der Waals surface area contributed by atoms with Crippen molar-refractivity contribution in [3.63, 3.8) is 0 Å². The molecule has 2 fully saturated rings. The van der Waals surface area contributed by atoms with E-state index >= 15 is 0 Å². The van der Waals surface area contributed by atoms with Crippen LogP contribution in [0, 0.1) is 12.8 Å². The quantitative estimate of drug-likeness (QED) is 0.779. The molecule has 2 aliphatic heterocycles. The van der Waals surface area contributed by atoms with Crippen molar-refractivity contribution < 1.29 is 14.1 Å². The van der Waals surface area contributed by atoms with Gasteiger partial charge in [0.1, 0.15) is 5.76 Å². The van der Waals surface area contributed by atoms with Crippen molar-refractivity contribution in [2.75, 3.05) is 51.1 Å². The maximum Gasteiger partial charge on any atom is 0.239 e. The molecule has 0 bridgehead atoms. The summed E-state index contributed by atoms with van der Waals surface area (Å²) >= 11 is 0. The lowest BCUT2D eigenvalue weighted by Crippen LogP contribution is -2.50. The van der Waals surface area contributed by atoms with Crippen molar-refractivity contribution in [3.8, 4) is 0 Å². The average Bonchev–Trinajstić information content (AvgIpc) is 3.05. The van der Waals surface area contributed by atoms with E-state index in [1.165, 1.54) is 12.8 Å².